The SMILES string of the molecule is C/C=C1\C2C=C(C(=O)OCC)CC1(NC(=O)OC)c1ccc(OC)nc1C2. The van der Waals surface area contributed by atoms with Crippen LogP contribution in [-0.2, 0) is 26.2 Å². The van der Waals surface area contributed by atoms with E-state index in [0.29, 0.717) is 24.5 Å². The van der Waals surface area contributed by atoms with Crippen LogP contribution in [0.5, 0.6) is 5.88 Å². The topological polar surface area (TPSA) is 86.8 Å². The summed E-state index contributed by atoms with van der Waals surface area (Å²) in [5.74, 6) is 0.0737. The van der Waals surface area contributed by atoms with Crippen LogP contribution in [0, 0.1) is 5.92 Å². The smallest absolute Gasteiger partial charge is 0.407 e. The molecule has 27 heavy (non-hydrogen) atoms. The second-order valence-corrected chi connectivity index (χ2v) is 6.51. The van der Waals surface area contributed by atoms with Gasteiger partial charge in [0.25, 0.3) is 0 Å². The average molecular weight is 372 g/mol. The van der Waals surface area contributed by atoms with Crippen molar-refractivity contribution in [1.29, 1.82) is 0 Å². The van der Waals surface area contributed by atoms with Crippen molar-refractivity contribution in [2.24, 2.45) is 5.92 Å². The van der Waals surface area contributed by atoms with Gasteiger partial charge in [-0.1, -0.05) is 12.2 Å². The highest BCUT2D eigenvalue weighted by molar-refractivity contribution is 5.90. The molecule has 1 heterocycles. The maximum atomic E-state index is 12.4. The third kappa shape index (κ3) is 3.18. The van der Waals surface area contributed by atoms with Gasteiger partial charge in [0.15, 0.2) is 0 Å². The summed E-state index contributed by atoms with van der Waals surface area (Å²) in [6.07, 6.45) is 4.24. The van der Waals surface area contributed by atoms with Crippen LogP contribution in [0.3, 0.4) is 0 Å². The molecular weight excluding hydrogens is 348 g/mol. The van der Waals surface area contributed by atoms with Crippen LogP contribution in [-0.4, -0.2) is 37.9 Å². The summed E-state index contributed by atoms with van der Waals surface area (Å²) in [6.45, 7) is 4.00. The van der Waals surface area contributed by atoms with Gasteiger partial charge in [-0.3, -0.25) is 0 Å². The zero-order valence-corrected chi connectivity index (χ0v) is 16.0. The Labute approximate surface area is 158 Å². The Hall–Kier alpha value is -2.83. The van der Waals surface area contributed by atoms with E-state index < -0.39 is 11.6 Å². The Balaban J connectivity index is 2.18. The number of methoxy groups -OCH3 is 2. The zero-order chi connectivity index (χ0) is 19.6. The molecule has 0 aromatic carbocycles. The van der Waals surface area contributed by atoms with E-state index in [0.717, 1.165) is 16.8 Å². The molecule has 2 aliphatic rings. The third-order valence-electron chi connectivity index (χ3n) is 5.13. The van der Waals surface area contributed by atoms with Crippen molar-refractivity contribution >= 4 is 12.1 Å². The fraction of sp³-hybridized carbons (Fsp3) is 0.450. The van der Waals surface area contributed by atoms with Gasteiger partial charge in [-0.2, -0.15) is 0 Å². The summed E-state index contributed by atoms with van der Waals surface area (Å²) >= 11 is 0. The number of alkyl carbamates (subject to hydrolysis) is 1. The maximum Gasteiger partial charge on any atom is 0.407 e. The molecule has 2 aliphatic carbocycles. The summed E-state index contributed by atoms with van der Waals surface area (Å²) in [6, 6.07) is 3.65. The molecule has 0 saturated heterocycles. The number of nitrogens with zero attached hydrogens (tertiary/aromatic N) is 1. The van der Waals surface area contributed by atoms with Crippen molar-refractivity contribution in [2.75, 3.05) is 20.8 Å². The highest BCUT2D eigenvalue weighted by Crippen LogP contribution is 2.50. The van der Waals surface area contributed by atoms with Gasteiger partial charge >= 0.3 is 12.1 Å². The van der Waals surface area contributed by atoms with Crippen molar-refractivity contribution in [2.45, 2.75) is 32.2 Å². The van der Waals surface area contributed by atoms with Crippen molar-refractivity contribution in [3.8, 4) is 5.88 Å². The Morgan fingerprint density at radius 2 is 2.15 bits per heavy atom. The molecule has 1 aromatic rings. The fourth-order valence-corrected chi connectivity index (χ4v) is 4.10. The van der Waals surface area contributed by atoms with E-state index in [-0.39, 0.29) is 18.3 Å². The summed E-state index contributed by atoms with van der Waals surface area (Å²) in [5, 5.41) is 2.98. The number of amides is 1. The van der Waals surface area contributed by atoms with Crippen LogP contribution < -0.4 is 10.1 Å². The first-order valence-electron chi connectivity index (χ1n) is 8.94. The van der Waals surface area contributed by atoms with Crippen LogP contribution in [0.4, 0.5) is 4.79 Å². The predicted molar refractivity (Wildman–Crippen MR) is 98.3 cm³/mol. The highest BCUT2D eigenvalue weighted by Gasteiger charge is 2.50. The Morgan fingerprint density at radius 1 is 1.37 bits per heavy atom. The van der Waals surface area contributed by atoms with Gasteiger partial charge in [0.1, 0.15) is 0 Å². The van der Waals surface area contributed by atoms with E-state index in [1.54, 1.807) is 20.1 Å². The quantitative estimate of drug-likeness (QED) is 0.646. The second kappa shape index (κ2) is 7.42. The predicted octanol–water partition coefficient (Wildman–Crippen LogP) is 2.65. The van der Waals surface area contributed by atoms with Gasteiger partial charge in [0.2, 0.25) is 5.88 Å². The number of carbonyl (C=O) groups excluding carboxylic acids is 2. The van der Waals surface area contributed by atoms with E-state index in [4.69, 9.17) is 14.2 Å². The molecule has 3 rings (SSSR count). The average Bonchev–Trinajstić information content (AvgIpc) is 2.66. The molecular formula is C20H24N2O5. The molecule has 2 atom stereocenters. The molecule has 0 aliphatic heterocycles. The van der Waals surface area contributed by atoms with Gasteiger partial charge in [-0.05, 0) is 25.5 Å². The van der Waals surface area contributed by atoms with Crippen LogP contribution in [0.1, 0.15) is 31.5 Å². The lowest BCUT2D eigenvalue weighted by Crippen LogP contribution is -2.54. The van der Waals surface area contributed by atoms with Crippen molar-refractivity contribution in [3.63, 3.8) is 0 Å². The minimum absolute atomic E-state index is 0.0765. The van der Waals surface area contributed by atoms with Gasteiger partial charge in [0.05, 0.1) is 32.1 Å². The first-order chi connectivity index (χ1) is 13.0. The van der Waals surface area contributed by atoms with Crippen LogP contribution in [0.15, 0.2) is 35.4 Å². The van der Waals surface area contributed by atoms with Crippen molar-refractivity contribution in [3.05, 3.63) is 46.7 Å². The number of allylic oxidation sites excluding steroid dienone is 2. The van der Waals surface area contributed by atoms with Gasteiger partial charge < -0.3 is 19.5 Å². The van der Waals surface area contributed by atoms with Crippen molar-refractivity contribution in [1.82, 2.24) is 10.3 Å². The molecule has 1 N–H and O–H groups in total. The molecule has 7 heteroatoms. The number of aromatic nitrogens is 1. The summed E-state index contributed by atoms with van der Waals surface area (Å²) < 4.78 is 15.3. The molecule has 2 bridgehead atoms. The van der Waals surface area contributed by atoms with E-state index in [1.807, 2.05) is 25.1 Å². The summed E-state index contributed by atoms with van der Waals surface area (Å²) in [4.78, 5) is 29.3. The minimum atomic E-state index is -0.907. The number of carbonyl (C=O) groups is 2. The number of esters is 1. The molecule has 0 radical (unpaired) electrons. The number of nitrogens with one attached hydrogen (secondary N) is 1. The Kier molecular flexibility index (Phi) is 5.21. The number of ether oxygens (including phenoxy) is 3. The molecule has 0 spiro atoms. The highest BCUT2D eigenvalue weighted by atomic mass is 16.5. The summed E-state index contributed by atoms with van der Waals surface area (Å²) in [7, 11) is 2.89. The largest absolute Gasteiger partial charge is 0.481 e. The third-order valence-corrected chi connectivity index (χ3v) is 5.13. The molecule has 7 nitrogen and oxygen atoms in total. The number of pyridine rings is 1. The lowest BCUT2D eigenvalue weighted by Gasteiger charge is -2.47. The van der Waals surface area contributed by atoms with Crippen LogP contribution in [0.2, 0.25) is 0 Å². The number of hydrogen-bond acceptors (Lipinski definition) is 6. The molecule has 2 unspecified atom stereocenters. The van der Waals surface area contributed by atoms with Crippen LogP contribution >= 0.6 is 0 Å². The number of hydrogen-bond donors (Lipinski definition) is 1. The van der Waals surface area contributed by atoms with Crippen molar-refractivity contribution < 1.29 is 23.8 Å². The normalized spacial score (nSPS) is 24.5. The molecule has 0 saturated carbocycles. The zero-order valence-electron chi connectivity index (χ0n) is 16.0. The first-order valence-corrected chi connectivity index (χ1v) is 8.94. The summed E-state index contributed by atoms with van der Waals surface area (Å²) in [5.41, 5.74) is 2.33. The Morgan fingerprint density at radius 3 is 2.78 bits per heavy atom. The van der Waals surface area contributed by atoms with E-state index in [9.17, 15) is 9.59 Å². The standard InChI is InChI=1S/C20H24N2O5/c1-5-14-12-9-13(18(23)27-6-2)11-20(14,22-19(24)26-4)15-7-8-17(25-3)21-16(15)10-12/h5,7-9,12H,6,10-11H2,1-4H3,(H,22,24)/b14-5+. The molecule has 0 fully saturated rings. The van der Waals surface area contributed by atoms with Gasteiger partial charge in [0, 0.05) is 36.0 Å². The molecule has 1 aromatic heterocycles. The van der Waals surface area contributed by atoms with Gasteiger partial charge in [-0.25, -0.2) is 14.6 Å². The maximum absolute atomic E-state index is 12.4. The lowest BCUT2D eigenvalue weighted by atomic mass is 9.63. The van der Waals surface area contributed by atoms with Gasteiger partial charge in [-0.15, -0.1) is 0 Å². The minimum Gasteiger partial charge on any atom is -0.481 e. The first kappa shape index (κ1) is 18.9. The van der Waals surface area contributed by atoms with E-state index >= 15 is 0 Å². The van der Waals surface area contributed by atoms with E-state index in [1.165, 1.54) is 7.11 Å². The molecule has 1 amide bonds. The monoisotopic (exact) mass is 372 g/mol. The number of fused-ring (bicyclic) bond motifs is 4. The fourth-order valence-electron chi connectivity index (χ4n) is 4.10. The number of rotatable bonds is 4. The van der Waals surface area contributed by atoms with Crippen LogP contribution in [0.25, 0.3) is 0 Å². The lowest BCUT2D eigenvalue weighted by molar-refractivity contribution is -0.139. The van der Waals surface area contributed by atoms with E-state index in [2.05, 4.69) is 10.3 Å². The molecule has 144 valence electrons. The Bertz CT molecular complexity index is 830. The second-order valence-electron chi connectivity index (χ2n) is 6.51.